The van der Waals surface area contributed by atoms with Gasteiger partial charge in [-0.15, -0.1) is 12.4 Å². The van der Waals surface area contributed by atoms with Gasteiger partial charge in [-0.3, -0.25) is 4.79 Å². The van der Waals surface area contributed by atoms with Crippen LogP contribution >= 0.6 is 24.2 Å². The number of halogens is 7. The third kappa shape index (κ3) is 7.23. The molecular formula is C11H11ClF6N2OS. The molecule has 0 saturated heterocycles. The summed E-state index contributed by atoms with van der Waals surface area (Å²) in [4.78, 5) is 11.3. The van der Waals surface area contributed by atoms with Crippen LogP contribution in [0.5, 0.6) is 0 Å². The number of nitrogens with two attached hydrogens (primary N) is 1. The van der Waals surface area contributed by atoms with Crippen LogP contribution in [0, 0.1) is 0 Å². The minimum atomic E-state index is -4.65. The van der Waals surface area contributed by atoms with E-state index in [4.69, 9.17) is 5.73 Å². The Kier molecular flexibility index (Phi) is 7.52. The molecule has 11 heteroatoms. The van der Waals surface area contributed by atoms with Gasteiger partial charge in [0.05, 0.1) is 11.3 Å². The van der Waals surface area contributed by atoms with E-state index < -0.39 is 40.7 Å². The Balaban J connectivity index is 0.00000441. The van der Waals surface area contributed by atoms with Crippen molar-refractivity contribution in [2.24, 2.45) is 5.73 Å². The summed E-state index contributed by atoms with van der Waals surface area (Å²) < 4.78 is 73.6. The molecule has 0 atom stereocenters. The molecule has 0 aliphatic heterocycles. The highest BCUT2D eigenvalue weighted by Crippen LogP contribution is 2.32. The van der Waals surface area contributed by atoms with Gasteiger partial charge in [0.1, 0.15) is 0 Å². The average Bonchev–Trinajstić information content (AvgIpc) is 2.34. The van der Waals surface area contributed by atoms with Gasteiger partial charge in [0.25, 0.3) is 0 Å². The second-order valence-electron chi connectivity index (χ2n) is 3.90. The fourth-order valence-electron chi connectivity index (χ4n) is 1.39. The summed E-state index contributed by atoms with van der Waals surface area (Å²) in [7, 11) is 0. The Hall–Kier alpha value is -1.13. The molecule has 0 aliphatic rings. The van der Waals surface area contributed by atoms with Crippen LogP contribution in [0.4, 0.5) is 32.0 Å². The lowest BCUT2D eigenvalue weighted by molar-refractivity contribution is -0.137. The number of alkyl halides is 6. The second-order valence-corrected chi connectivity index (χ2v) is 4.94. The van der Waals surface area contributed by atoms with E-state index in [2.05, 4.69) is 0 Å². The number of carbonyl (C=O) groups is 1. The number of rotatable bonds is 4. The fraction of sp³-hybridized carbons (Fsp3) is 0.364. The van der Waals surface area contributed by atoms with Crippen molar-refractivity contribution in [1.29, 1.82) is 0 Å². The summed E-state index contributed by atoms with van der Waals surface area (Å²) in [5.41, 5.74) is -0.534. The van der Waals surface area contributed by atoms with E-state index >= 15 is 0 Å². The number of benzene rings is 1. The van der Waals surface area contributed by atoms with Crippen LogP contribution in [0.2, 0.25) is 0 Å². The molecule has 0 aliphatic carbocycles. The Labute approximate surface area is 132 Å². The number of carbonyl (C=O) groups excluding carboxylic acids is 1. The van der Waals surface area contributed by atoms with Crippen molar-refractivity contribution in [2.45, 2.75) is 18.2 Å². The standard InChI is InChI=1S/C11H10F6N2OS.ClH/c12-10(13,14)7-1-6(4-18)2-8(3-7)19-9(20)5-21-11(15,16)17;/h1-3H,4-5,18H2,(H,19,20);1H. The van der Waals surface area contributed by atoms with Crippen LogP contribution in [0.25, 0.3) is 0 Å². The van der Waals surface area contributed by atoms with Gasteiger partial charge < -0.3 is 11.1 Å². The average molecular weight is 369 g/mol. The molecule has 0 bridgehead atoms. The van der Waals surface area contributed by atoms with Crippen molar-refractivity contribution in [2.75, 3.05) is 11.1 Å². The Bertz CT molecular complexity index is 520. The zero-order valence-electron chi connectivity index (χ0n) is 10.7. The predicted molar refractivity (Wildman–Crippen MR) is 73.7 cm³/mol. The Morgan fingerprint density at radius 2 is 1.73 bits per heavy atom. The zero-order chi connectivity index (χ0) is 16.3. The maximum atomic E-state index is 12.6. The van der Waals surface area contributed by atoms with Crippen molar-refractivity contribution in [3.8, 4) is 0 Å². The molecule has 0 unspecified atom stereocenters. The number of thioether (sulfide) groups is 1. The first-order valence-corrected chi connectivity index (χ1v) is 6.41. The molecule has 0 saturated carbocycles. The molecule has 1 aromatic rings. The number of amides is 1. The number of anilines is 1. The SMILES string of the molecule is Cl.NCc1cc(NC(=O)CSC(F)(F)F)cc(C(F)(F)F)c1. The number of nitrogens with one attached hydrogen (secondary N) is 1. The van der Waals surface area contributed by atoms with Gasteiger partial charge in [-0.25, -0.2) is 0 Å². The predicted octanol–water partition coefficient (Wildman–Crippen LogP) is 3.78. The first-order chi connectivity index (χ1) is 9.51. The fourth-order valence-corrected chi connectivity index (χ4v) is 1.76. The Morgan fingerprint density at radius 3 is 2.18 bits per heavy atom. The molecule has 3 N–H and O–H groups in total. The number of hydrogen-bond acceptors (Lipinski definition) is 3. The summed E-state index contributed by atoms with van der Waals surface area (Å²) in [6.45, 7) is -0.204. The largest absolute Gasteiger partial charge is 0.442 e. The van der Waals surface area contributed by atoms with Gasteiger partial charge in [0.2, 0.25) is 5.91 Å². The molecule has 22 heavy (non-hydrogen) atoms. The topological polar surface area (TPSA) is 55.1 Å². The monoisotopic (exact) mass is 368 g/mol. The van der Waals surface area contributed by atoms with Crippen LogP contribution in [-0.4, -0.2) is 17.2 Å². The molecule has 0 fully saturated rings. The third-order valence-corrected chi connectivity index (χ3v) is 2.94. The first-order valence-electron chi connectivity index (χ1n) is 5.43. The quantitative estimate of drug-likeness (QED) is 0.795. The van der Waals surface area contributed by atoms with Crippen molar-refractivity contribution < 1.29 is 31.1 Å². The van der Waals surface area contributed by atoms with E-state index in [0.717, 1.165) is 6.07 Å². The summed E-state index contributed by atoms with van der Waals surface area (Å²) >= 11 is -0.578. The van der Waals surface area contributed by atoms with Crippen molar-refractivity contribution >= 4 is 35.8 Å². The minimum Gasteiger partial charge on any atom is -0.326 e. The Morgan fingerprint density at radius 1 is 1.14 bits per heavy atom. The van der Waals surface area contributed by atoms with E-state index in [1.54, 1.807) is 0 Å². The smallest absolute Gasteiger partial charge is 0.326 e. The lowest BCUT2D eigenvalue weighted by Gasteiger charge is -2.12. The van der Waals surface area contributed by atoms with Gasteiger partial charge in [-0.05, 0) is 35.5 Å². The third-order valence-electron chi connectivity index (χ3n) is 2.21. The molecule has 126 valence electrons. The lowest BCUT2D eigenvalue weighted by atomic mass is 10.1. The summed E-state index contributed by atoms with van der Waals surface area (Å²) in [5.74, 6) is -2.00. The molecule has 1 rings (SSSR count). The van der Waals surface area contributed by atoms with Crippen LogP contribution in [0.15, 0.2) is 18.2 Å². The van der Waals surface area contributed by atoms with Crippen molar-refractivity contribution in [1.82, 2.24) is 0 Å². The van der Waals surface area contributed by atoms with Gasteiger partial charge >= 0.3 is 11.7 Å². The van der Waals surface area contributed by atoms with Crippen LogP contribution in [0.3, 0.4) is 0 Å². The second kappa shape index (κ2) is 7.93. The highest BCUT2D eigenvalue weighted by Gasteiger charge is 2.32. The molecule has 1 amide bonds. The van der Waals surface area contributed by atoms with Crippen LogP contribution in [-0.2, 0) is 17.5 Å². The summed E-state index contributed by atoms with van der Waals surface area (Å²) in [6.07, 6.45) is -4.65. The summed E-state index contributed by atoms with van der Waals surface area (Å²) in [5, 5.41) is 1.99. The first kappa shape index (κ1) is 20.9. The van der Waals surface area contributed by atoms with Gasteiger partial charge in [0.15, 0.2) is 0 Å². The molecule has 0 radical (unpaired) electrons. The van der Waals surface area contributed by atoms with E-state index in [0.29, 0.717) is 6.07 Å². The molecule has 0 spiro atoms. The summed E-state index contributed by atoms with van der Waals surface area (Å²) in [6, 6.07) is 2.61. The van der Waals surface area contributed by atoms with Gasteiger partial charge in [-0.2, -0.15) is 26.3 Å². The van der Waals surface area contributed by atoms with Crippen molar-refractivity contribution in [3.05, 3.63) is 29.3 Å². The number of hydrogen-bond donors (Lipinski definition) is 2. The molecule has 1 aromatic carbocycles. The van der Waals surface area contributed by atoms with E-state index in [-0.39, 0.29) is 30.2 Å². The highest BCUT2D eigenvalue weighted by atomic mass is 35.5. The molecular weight excluding hydrogens is 358 g/mol. The lowest BCUT2D eigenvalue weighted by Crippen LogP contribution is -2.18. The van der Waals surface area contributed by atoms with Gasteiger partial charge in [-0.1, -0.05) is 0 Å². The molecule has 0 heterocycles. The highest BCUT2D eigenvalue weighted by molar-refractivity contribution is 8.00. The maximum absolute atomic E-state index is 12.6. The zero-order valence-corrected chi connectivity index (χ0v) is 12.3. The normalized spacial score (nSPS) is 11.8. The van der Waals surface area contributed by atoms with Crippen molar-refractivity contribution in [3.63, 3.8) is 0 Å². The van der Waals surface area contributed by atoms with E-state index in [1.165, 1.54) is 6.07 Å². The maximum Gasteiger partial charge on any atom is 0.442 e. The van der Waals surface area contributed by atoms with Crippen LogP contribution in [0.1, 0.15) is 11.1 Å². The van der Waals surface area contributed by atoms with Crippen LogP contribution < -0.4 is 11.1 Å². The minimum absolute atomic E-state index is 0. The van der Waals surface area contributed by atoms with Gasteiger partial charge in [0, 0.05) is 12.2 Å². The van der Waals surface area contributed by atoms with E-state index in [1.807, 2.05) is 5.32 Å². The molecule has 0 aromatic heterocycles. The van der Waals surface area contributed by atoms with E-state index in [9.17, 15) is 31.1 Å². The molecule has 3 nitrogen and oxygen atoms in total.